The van der Waals surface area contributed by atoms with Crippen LogP contribution in [0.25, 0.3) is 0 Å². The predicted molar refractivity (Wildman–Crippen MR) is 81.9 cm³/mol. The van der Waals surface area contributed by atoms with Gasteiger partial charge in [0.2, 0.25) is 5.91 Å². The monoisotopic (exact) mass is 295 g/mol. The van der Waals surface area contributed by atoms with Crippen LogP contribution in [0.3, 0.4) is 0 Å². The number of aromatic amines is 1. The molecule has 0 aliphatic rings. The first kappa shape index (κ1) is 17.0. The summed E-state index contributed by atoms with van der Waals surface area (Å²) in [7, 11) is 0. The third kappa shape index (κ3) is 4.47. The maximum atomic E-state index is 12.1. The van der Waals surface area contributed by atoms with E-state index in [1.165, 1.54) is 0 Å². The standard InChI is InChI=1S/C14H25N5O2/c1-7(2)6-16-13(20)9(5)17-14(21)12-10(15)11(8(3)4)18-19-12/h7-9H,6,15H2,1-5H3,(H,16,20)(H,17,21)(H,18,19). The minimum atomic E-state index is -0.644. The molecule has 1 unspecified atom stereocenters. The molecule has 1 aromatic heterocycles. The molecule has 1 aromatic rings. The summed E-state index contributed by atoms with van der Waals surface area (Å²) in [5, 5.41) is 12.1. The number of nitrogen functional groups attached to an aromatic ring is 1. The molecule has 0 spiro atoms. The zero-order chi connectivity index (χ0) is 16.2. The van der Waals surface area contributed by atoms with Gasteiger partial charge in [0.05, 0.1) is 11.4 Å². The van der Waals surface area contributed by atoms with Gasteiger partial charge in [-0.1, -0.05) is 27.7 Å². The number of carbonyl (C=O) groups is 2. The van der Waals surface area contributed by atoms with Crippen LogP contribution in [0.15, 0.2) is 0 Å². The first-order valence-electron chi connectivity index (χ1n) is 7.16. The van der Waals surface area contributed by atoms with Crippen LogP contribution in [-0.2, 0) is 4.79 Å². The third-order valence-electron chi connectivity index (χ3n) is 3.05. The number of hydrogen-bond acceptors (Lipinski definition) is 4. The summed E-state index contributed by atoms with van der Waals surface area (Å²) < 4.78 is 0. The molecular formula is C14H25N5O2. The molecule has 21 heavy (non-hydrogen) atoms. The summed E-state index contributed by atoms with van der Waals surface area (Å²) in [6.45, 7) is 10.1. The Hall–Kier alpha value is -2.05. The molecule has 0 bridgehead atoms. The van der Waals surface area contributed by atoms with E-state index in [4.69, 9.17) is 5.73 Å². The Labute approximate surface area is 125 Å². The van der Waals surface area contributed by atoms with Gasteiger partial charge in [0.1, 0.15) is 6.04 Å². The summed E-state index contributed by atoms with van der Waals surface area (Å²) in [6.07, 6.45) is 0. The second-order valence-electron chi connectivity index (χ2n) is 5.89. The maximum Gasteiger partial charge on any atom is 0.274 e. The van der Waals surface area contributed by atoms with Crippen LogP contribution in [0.1, 0.15) is 56.7 Å². The normalized spacial score (nSPS) is 12.5. The van der Waals surface area contributed by atoms with Gasteiger partial charge in [0.15, 0.2) is 5.69 Å². The van der Waals surface area contributed by atoms with E-state index in [-0.39, 0.29) is 17.5 Å². The van der Waals surface area contributed by atoms with Gasteiger partial charge < -0.3 is 16.4 Å². The van der Waals surface area contributed by atoms with Gasteiger partial charge >= 0.3 is 0 Å². The summed E-state index contributed by atoms with van der Waals surface area (Å²) in [6, 6.07) is -0.644. The Morgan fingerprint density at radius 1 is 1.24 bits per heavy atom. The molecule has 0 radical (unpaired) electrons. The van der Waals surface area contributed by atoms with Crippen LogP contribution in [0, 0.1) is 5.92 Å². The second kappa shape index (κ2) is 7.10. The van der Waals surface area contributed by atoms with Crippen molar-refractivity contribution in [2.45, 2.75) is 46.6 Å². The summed E-state index contributed by atoms with van der Waals surface area (Å²) in [4.78, 5) is 23.9. The molecule has 0 saturated heterocycles. The minimum Gasteiger partial charge on any atom is -0.395 e. The molecule has 0 aliphatic heterocycles. The van der Waals surface area contributed by atoms with Gasteiger partial charge in [0, 0.05) is 6.54 Å². The number of H-pyrrole nitrogens is 1. The first-order chi connectivity index (χ1) is 9.73. The fraction of sp³-hybridized carbons (Fsp3) is 0.643. The van der Waals surface area contributed by atoms with Crippen molar-refractivity contribution in [3.05, 3.63) is 11.4 Å². The Bertz CT molecular complexity index is 507. The van der Waals surface area contributed by atoms with E-state index in [0.29, 0.717) is 18.2 Å². The number of anilines is 1. The van der Waals surface area contributed by atoms with Crippen LogP contribution >= 0.6 is 0 Å². The molecule has 5 N–H and O–H groups in total. The van der Waals surface area contributed by atoms with Crippen LogP contribution in [0.4, 0.5) is 5.69 Å². The number of amides is 2. The number of nitrogens with zero attached hydrogens (tertiary/aromatic N) is 1. The second-order valence-corrected chi connectivity index (χ2v) is 5.89. The van der Waals surface area contributed by atoms with Gasteiger partial charge in [-0.3, -0.25) is 14.7 Å². The molecule has 0 saturated carbocycles. The predicted octanol–water partition coefficient (Wildman–Crippen LogP) is 1.01. The van der Waals surface area contributed by atoms with Gasteiger partial charge in [-0.2, -0.15) is 5.10 Å². The molecule has 1 atom stereocenters. The molecule has 7 nitrogen and oxygen atoms in total. The summed E-state index contributed by atoms with van der Waals surface area (Å²) in [5.41, 5.74) is 7.08. The Morgan fingerprint density at radius 3 is 2.33 bits per heavy atom. The number of aromatic nitrogens is 2. The van der Waals surface area contributed by atoms with Crippen molar-refractivity contribution in [1.82, 2.24) is 20.8 Å². The summed E-state index contributed by atoms with van der Waals surface area (Å²) in [5.74, 6) is -0.184. The van der Waals surface area contributed by atoms with Crippen molar-refractivity contribution in [1.29, 1.82) is 0 Å². The van der Waals surface area contributed by atoms with E-state index in [2.05, 4.69) is 20.8 Å². The smallest absolute Gasteiger partial charge is 0.274 e. The average Bonchev–Trinajstić information content (AvgIpc) is 2.77. The van der Waals surface area contributed by atoms with Crippen LogP contribution in [0.2, 0.25) is 0 Å². The number of carbonyl (C=O) groups excluding carboxylic acids is 2. The lowest BCUT2D eigenvalue weighted by molar-refractivity contribution is -0.122. The van der Waals surface area contributed by atoms with Gasteiger partial charge in [-0.25, -0.2) is 0 Å². The van der Waals surface area contributed by atoms with E-state index in [0.717, 1.165) is 5.69 Å². The highest BCUT2D eigenvalue weighted by Gasteiger charge is 2.22. The Morgan fingerprint density at radius 2 is 1.86 bits per heavy atom. The van der Waals surface area contributed by atoms with E-state index in [1.807, 2.05) is 27.7 Å². The lowest BCUT2D eigenvalue weighted by atomic mass is 10.1. The van der Waals surface area contributed by atoms with Crippen molar-refractivity contribution < 1.29 is 9.59 Å². The highest BCUT2D eigenvalue weighted by Crippen LogP contribution is 2.21. The molecule has 2 amide bonds. The fourth-order valence-electron chi connectivity index (χ4n) is 1.77. The van der Waals surface area contributed by atoms with Crippen molar-refractivity contribution in [3.63, 3.8) is 0 Å². The molecule has 0 aromatic carbocycles. The zero-order valence-corrected chi connectivity index (χ0v) is 13.3. The molecule has 118 valence electrons. The first-order valence-corrected chi connectivity index (χ1v) is 7.16. The molecule has 1 rings (SSSR count). The summed E-state index contributed by atoms with van der Waals surface area (Å²) >= 11 is 0. The number of nitrogens with two attached hydrogens (primary N) is 1. The Balaban J connectivity index is 2.66. The molecule has 0 fully saturated rings. The Kier molecular flexibility index (Phi) is 5.75. The maximum absolute atomic E-state index is 12.1. The van der Waals surface area contributed by atoms with E-state index < -0.39 is 11.9 Å². The van der Waals surface area contributed by atoms with Gasteiger partial charge in [-0.05, 0) is 18.8 Å². The van der Waals surface area contributed by atoms with Crippen molar-refractivity contribution in [2.75, 3.05) is 12.3 Å². The zero-order valence-electron chi connectivity index (χ0n) is 13.3. The highest BCUT2D eigenvalue weighted by molar-refractivity contribution is 6.00. The van der Waals surface area contributed by atoms with E-state index >= 15 is 0 Å². The van der Waals surface area contributed by atoms with Crippen molar-refractivity contribution >= 4 is 17.5 Å². The topological polar surface area (TPSA) is 113 Å². The SMILES string of the molecule is CC(C)CNC(=O)C(C)NC(=O)c1n[nH]c(C(C)C)c1N. The van der Waals surface area contributed by atoms with E-state index in [1.54, 1.807) is 6.92 Å². The fourth-order valence-corrected chi connectivity index (χ4v) is 1.77. The van der Waals surface area contributed by atoms with Crippen LogP contribution in [0.5, 0.6) is 0 Å². The third-order valence-corrected chi connectivity index (χ3v) is 3.05. The molecule has 1 heterocycles. The van der Waals surface area contributed by atoms with Gasteiger partial charge in [0.25, 0.3) is 5.91 Å². The quantitative estimate of drug-likeness (QED) is 0.627. The lowest BCUT2D eigenvalue weighted by Crippen LogP contribution is -2.45. The molecular weight excluding hydrogens is 270 g/mol. The van der Waals surface area contributed by atoms with Crippen LogP contribution < -0.4 is 16.4 Å². The van der Waals surface area contributed by atoms with Crippen molar-refractivity contribution in [2.24, 2.45) is 5.92 Å². The average molecular weight is 295 g/mol. The van der Waals surface area contributed by atoms with Gasteiger partial charge in [-0.15, -0.1) is 0 Å². The number of rotatable bonds is 6. The number of hydrogen-bond donors (Lipinski definition) is 4. The molecule has 7 heteroatoms. The minimum absolute atomic E-state index is 0.127. The number of nitrogens with one attached hydrogen (secondary N) is 3. The van der Waals surface area contributed by atoms with Crippen LogP contribution in [-0.4, -0.2) is 34.6 Å². The van der Waals surface area contributed by atoms with E-state index in [9.17, 15) is 9.59 Å². The molecule has 0 aliphatic carbocycles. The largest absolute Gasteiger partial charge is 0.395 e. The van der Waals surface area contributed by atoms with Crippen molar-refractivity contribution in [3.8, 4) is 0 Å². The lowest BCUT2D eigenvalue weighted by Gasteiger charge is -2.14. The highest BCUT2D eigenvalue weighted by atomic mass is 16.2.